The average Bonchev–Trinajstić information content (AvgIpc) is 1.50. The van der Waals surface area contributed by atoms with Crippen LogP contribution in [-0.4, -0.2) is 0 Å². The Morgan fingerprint density at radius 1 is 0.205 bits per heavy atom. The zero-order valence-electron chi connectivity index (χ0n) is 64.5. The fourth-order valence-corrected chi connectivity index (χ4v) is 23.8. The molecule has 0 bridgehead atoms. The molecule has 0 amide bonds. The van der Waals surface area contributed by atoms with Crippen molar-refractivity contribution in [3.8, 4) is 87.6 Å². The number of anilines is 6. The molecule has 5 aliphatic carbocycles. The quantitative estimate of drug-likeness (QED) is 0.133. The maximum Gasteiger partial charge on any atom is 0.0740 e. The molecule has 117 heavy (non-hydrogen) atoms. The minimum absolute atomic E-state index is 0.114. The molecule has 0 saturated heterocycles. The third kappa shape index (κ3) is 9.78. The van der Waals surface area contributed by atoms with E-state index >= 15 is 0 Å². The Morgan fingerprint density at radius 2 is 0.564 bits per heavy atom. The summed E-state index contributed by atoms with van der Waals surface area (Å²) in [6, 6.07) is 154. The highest BCUT2D eigenvalue weighted by molar-refractivity contribution is 7.23. The summed E-state index contributed by atoms with van der Waals surface area (Å²) < 4.78 is 2.69. The van der Waals surface area contributed by atoms with Crippen LogP contribution in [0.25, 0.3) is 129 Å². The molecule has 1 unspecified atom stereocenters. The minimum atomic E-state index is -0.396. The topological polar surface area (TPSA) is 6.48 Å². The van der Waals surface area contributed by atoms with Crippen molar-refractivity contribution in [2.24, 2.45) is 0 Å². The lowest BCUT2D eigenvalue weighted by atomic mass is 9.70. The molecule has 0 N–H and O–H groups in total. The highest BCUT2D eigenvalue weighted by atomic mass is 32.1. The van der Waals surface area contributed by atoms with Crippen molar-refractivity contribution < 1.29 is 0 Å². The van der Waals surface area contributed by atoms with Crippen molar-refractivity contribution >= 4 is 98.5 Å². The van der Waals surface area contributed by atoms with E-state index in [4.69, 9.17) is 0 Å². The second-order valence-electron chi connectivity index (χ2n) is 32.4. The van der Waals surface area contributed by atoms with E-state index in [1.807, 2.05) is 22.7 Å². The van der Waals surface area contributed by atoms with E-state index in [0.29, 0.717) is 0 Å². The monoisotopic (exact) mass is 1520 g/mol. The molecule has 25 rings (SSSR count). The van der Waals surface area contributed by atoms with Crippen LogP contribution < -0.4 is 9.80 Å². The van der Waals surface area contributed by atoms with Gasteiger partial charge in [-0.1, -0.05) is 341 Å². The lowest BCUT2D eigenvalue weighted by molar-refractivity contribution is 0.660. The molecule has 0 aliphatic heterocycles. The van der Waals surface area contributed by atoms with Crippen molar-refractivity contribution in [3.63, 3.8) is 0 Å². The summed E-state index contributed by atoms with van der Waals surface area (Å²) in [6.45, 7) is 4.73. The molecule has 2 spiro atoms. The lowest BCUT2D eigenvalue weighted by Crippen LogP contribution is -2.25. The lowest BCUT2D eigenvalue weighted by Gasteiger charge is -2.31. The number of hydrogen-bond acceptors (Lipinski definition) is 4. The first kappa shape index (κ1) is 67.5. The highest BCUT2D eigenvalue weighted by Gasteiger charge is 2.55. The number of nitrogens with zero attached hydrogens (tertiary/aromatic N) is 2. The van der Waals surface area contributed by atoms with Gasteiger partial charge in [0.1, 0.15) is 0 Å². The third-order valence-corrected chi connectivity index (χ3v) is 28.6. The van der Waals surface area contributed by atoms with Crippen LogP contribution in [0.5, 0.6) is 0 Å². The van der Waals surface area contributed by atoms with E-state index in [1.165, 1.54) is 191 Å². The number of fused-ring (bicyclic) bond motifs is 30. The van der Waals surface area contributed by atoms with Gasteiger partial charge in [0.25, 0.3) is 0 Å². The molecule has 2 heterocycles. The third-order valence-electron chi connectivity index (χ3n) is 26.2. The van der Waals surface area contributed by atoms with Gasteiger partial charge < -0.3 is 9.80 Å². The van der Waals surface area contributed by atoms with Gasteiger partial charge in [-0.25, -0.2) is 0 Å². The summed E-state index contributed by atoms with van der Waals surface area (Å²) in [4.78, 5) is 7.66. The largest absolute Gasteiger partial charge is 0.310 e. The fraction of sp³-hybridized carbons (Fsp3) is 0.0442. The van der Waals surface area contributed by atoms with Gasteiger partial charge in [0.05, 0.1) is 22.2 Å². The van der Waals surface area contributed by atoms with Gasteiger partial charge in [0.15, 0.2) is 0 Å². The van der Waals surface area contributed by atoms with Crippen LogP contribution in [0.3, 0.4) is 0 Å². The molecule has 4 heteroatoms. The Hall–Kier alpha value is -14.0. The van der Waals surface area contributed by atoms with Gasteiger partial charge >= 0.3 is 0 Å². The van der Waals surface area contributed by atoms with E-state index in [0.717, 1.165) is 28.4 Å². The summed E-state index contributed by atoms with van der Waals surface area (Å²) in [7, 11) is 0. The second kappa shape index (κ2) is 26.0. The zero-order chi connectivity index (χ0) is 77.2. The SMILES string of the molecule is CC1(C)c2ccccc2-c2ccc(N(c3ccc(-c4ccc5c(c4)C4(c6ccccc6-5)c5ccccc5-c5sc6ccccc6c54)cc3)c3ccccc3-c3ccccc3)cc21.c1ccc(N(c2ccc(-c3ccc4c(c3)C3(c5ccccc5-c5ccccc53)c3c-4sc4ccccc34)cc2)c2cc3ccccc3c3ccccc23)cc1. The van der Waals surface area contributed by atoms with Gasteiger partial charge in [-0.05, 0) is 240 Å². The zero-order valence-corrected chi connectivity index (χ0v) is 66.1. The Bertz CT molecular complexity index is 7440. The Balaban J connectivity index is 0.000000135. The Labute approximate surface area is 689 Å². The molecule has 548 valence electrons. The van der Waals surface area contributed by atoms with Gasteiger partial charge in [0, 0.05) is 58.3 Å². The molecular weight excluding hydrogens is 1450 g/mol. The summed E-state index contributed by atoms with van der Waals surface area (Å²) in [6.07, 6.45) is 0. The van der Waals surface area contributed by atoms with Gasteiger partial charge in [0.2, 0.25) is 0 Å². The van der Waals surface area contributed by atoms with Crippen molar-refractivity contribution in [3.05, 3.63) is 468 Å². The van der Waals surface area contributed by atoms with E-state index < -0.39 is 5.41 Å². The minimum Gasteiger partial charge on any atom is -0.310 e. The normalized spacial score (nSPS) is 14.6. The van der Waals surface area contributed by atoms with Crippen LogP contribution >= 0.6 is 22.7 Å². The Morgan fingerprint density at radius 3 is 1.14 bits per heavy atom. The molecule has 18 aromatic carbocycles. The van der Waals surface area contributed by atoms with E-state index in [9.17, 15) is 0 Å². The standard InChI is InChI=1S/C60H41NS.C53H33NS/c1-59(2)50-23-11-6-19-44(50)46-35-33-42(37-53(46)59)61(55-26-14-9-18-43(55)39-16-4-3-5-17-39)41-31-28-38(29-32-41)40-30-34-47-45-20-7-12-24-51(45)60(54(47)36-40)52-25-13-8-21-48(52)58-57(60)49-22-10-15-27-56(49)62-58;1-2-15-37(16-3-1)54(49-33-36-14-4-5-17-39(36)40-18-6-7-21-43(40)49)38-29-26-34(27-30-38)35-28-31-44-48(32-35)53(51-45-22-10-13-25-50(45)55-52(44)51)46-23-11-8-19-41(46)42-20-9-12-24-47(42)53/h3-37H,1-2H3;1-33H. The van der Waals surface area contributed by atoms with E-state index in [2.05, 4.69) is 436 Å². The average molecular weight is 1520 g/mol. The molecule has 0 saturated carbocycles. The molecular formula is C113H74N2S2. The Kier molecular flexibility index (Phi) is 15.0. The molecule has 0 fully saturated rings. The van der Waals surface area contributed by atoms with Crippen LogP contribution in [0.2, 0.25) is 0 Å². The number of thiophene rings is 2. The van der Waals surface area contributed by atoms with Crippen molar-refractivity contribution in [1.29, 1.82) is 0 Å². The predicted molar refractivity (Wildman–Crippen MR) is 494 cm³/mol. The first-order valence-corrected chi connectivity index (χ1v) is 42.3. The number of para-hydroxylation sites is 2. The predicted octanol–water partition coefficient (Wildman–Crippen LogP) is 31.0. The van der Waals surface area contributed by atoms with Crippen molar-refractivity contribution in [1.82, 2.24) is 0 Å². The summed E-state index contributed by atoms with van der Waals surface area (Å²) in [5.41, 5.74) is 37.8. The van der Waals surface area contributed by atoms with Crippen LogP contribution in [0.15, 0.2) is 413 Å². The second-order valence-corrected chi connectivity index (χ2v) is 34.5. The molecule has 2 aromatic heterocycles. The highest BCUT2D eigenvalue weighted by Crippen LogP contribution is 2.69. The molecule has 20 aromatic rings. The smallest absolute Gasteiger partial charge is 0.0740 e. The molecule has 0 radical (unpaired) electrons. The van der Waals surface area contributed by atoms with Crippen molar-refractivity contribution in [2.75, 3.05) is 9.80 Å². The summed E-state index contributed by atoms with van der Waals surface area (Å²) in [5.74, 6) is 0. The summed E-state index contributed by atoms with van der Waals surface area (Å²) in [5, 5.41) is 7.72. The van der Waals surface area contributed by atoms with E-state index in [-0.39, 0.29) is 10.8 Å². The first-order valence-electron chi connectivity index (χ1n) is 40.7. The molecule has 2 nitrogen and oxygen atoms in total. The first-order chi connectivity index (χ1) is 57.8. The van der Waals surface area contributed by atoms with Crippen LogP contribution in [-0.2, 0) is 16.2 Å². The maximum absolute atomic E-state index is 2.51. The van der Waals surface area contributed by atoms with Crippen LogP contribution in [0.4, 0.5) is 34.1 Å². The number of rotatable bonds is 9. The summed E-state index contributed by atoms with van der Waals surface area (Å²) >= 11 is 3.88. The number of benzene rings is 18. The van der Waals surface area contributed by atoms with Crippen LogP contribution in [0.1, 0.15) is 69.5 Å². The maximum atomic E-state index is 2.51. The van der Waals surface area contributed by atoms with Gasteiger partial charge in [-0.2, -0.15) is 0 Å². The van der Waals surface area contributed by atoms with Gasteiger partial charge in [-0.15, -0.1) is 22.7 Å². The van der Waals surface area contributed by atoms with E-state index in [1.54, 1.807) is 0 Å². The van der Waals surface area contributed by atoms with Crippen LogP contribution in [0, 0.1) is 0 Å². The van der Waals surface area contributed by atoms with Crippen molar-refractivity contribution in [2.45, 2.75) is 30.1 Å². The van der Waals surface area contributed by atoms with Gasteiger partial charge in [-0.3, -0.25) is 0 Å². The fourth-order valence-electron chi connectivity index (χ4n) is 21.2. The number of hydrogen-bond donors (Lipinski definition) is 0. The molecule has 5 aliphatic rings. The molecule has 1 atom stereocenters.